The SMILES string of the molecule is Cc1ccc(C#CCN)c(C(=O)N(C)CC(C)C)c1. The van der Waals surface area contributed by atoms with Gasteiger partial charge in [-0.1, -0.05) is 37.3 Å². The maximum Gasteiger partial charge on any atom is 0.254 e. The minimum atomic E-state index is 0.0127. The largest absolute Gasteiger partial charge is 0.341 e. The molecule has 0 aliphatic rings. The number of hydrogen-bond acceptors (Lipinski definition) is 2. The van der Waals surface area contributed by atoms with Gasteiger partial charge in [-0.25, -0.2) is 0 Å². The Balaban J connectivity index is 3.09. The van der Waals surface area contributed by atoms with Crippen LogP contribution in [0.1, 0.15) is 35.3 Å². The first-order valence-electron chi connectivity index (χ1n) is 6.50. The molecule has 0 aliphatic heterocycles. The molecule has 0 bridgehead atoms. The molecule has 3 heteroatoms. The number of benzene rings is 1. The van der Waals surface area contributed by atoms with Gasteiger partial charge in [-0.2, -0.15) is 0 Å². The van der Waals surface area contributed by atoms with Crippen molar-refractivity contribution in [3.05, 3.63) is 34.9 Å². The molecule has 102 valence electrons. The first-order valence-corrected chi connectivity index (χ1v) is 6.50. The van der Waals surface area contributed by atoms with E-state index in [0.717, 1.165) is 17.7 Å². The Morgan fingerprint density at radius 3 is 2.68 bits per heavy atom. The number of carbonyl (C=O) groups excluding carboxylic acids is 1. The van der Waals surface area contributed by atoms with Gasteiger partial charge in [-0.05, 0) is 25.0 Å². The Kier molecular flexibility index (Phi) is 5.59. The predicted molar refractivity (Wildman–Crippen MR) is 78.9 cm³/mol. The van der Waals surface area contributed by atoms with E-state index in [4.69, 9.17) is 5.73 Å². The zero-order valence-electron chi connectivity index (χ0n) is 12.2. The second-order valence-corrected chi connectivity index (χ2v) is 5.13. The average Bonchev–Trinajstić information content (AvgIpc) is 2.35. The quantitative estimate of drug-likeness (QED) is 0.843. The van der Waals surface area contributed by atoms with Crippen molar-refractivity contribution in [1.29, 1.82) is 0 Å². The van der Waals surface area contributed by atoms with Gasteiger partial charge in [0.15, 0.2) is 0 Å². The van der Waals surface area contributed by atoms with Crippen LogP contribution >= 0.6 is 0 Å². The first-order chi connectivity index (χ1) is 8.95. The maximum absolute atomic E-state index is 12.4. The van der Waals surface area contributed by atoms with E-state index in [1.165, 1.54) is 0 Å². The van der Waals surface area contributed by atoms with Gasteiger partial charge in [-0.15, -0.1) is 0 Å². The molecule has 1 aromatic rings. The zero-order valence-corrected chi connectivity index (χ0v) is 12.2. The summed E-state index contributed by atoms with van der Waals surface area (Å²) in [5, 5.41) is 0. The molecule has 0 atom stereocenters. The van der Waals surface area contributed by atoms with Crippen LogP contribution in [0.5, 0.6) is 0 Å². The van der Waals surface area contributed by atoms with Gasteiger partial charge >= 0.3 is 0 Å². The summed E-state index contributed by atoms with van der Waals surface area (Å²) in [4.78, 5) is 14.2. The summed E-state index contributed by atoms with van der Waals surface area (Å²) >= 11 is 0. The maximum atomic E-state index is 12.4. The molecule has 0 heterocycles. The van der Waals surface area contributed by atoms with Crippen molar-refractivity contribution >= 4 is 5.91 Å². The van der Waals surface area contributed by atoms with E-state index in [9.17, 15) is 4.79 Å². The molecule has 19 heavy (non-hydrogen) atoms. The van der Waals surface area contributed by atoms with E-state index in [1.807, 2.05) is 32.2 Å². The zero-order chi connectivity index (χ0) is 14.4. The highest BCUT2D eigenvalue weighted by atomic mass is 16.2. The third-order valence-electron chi connectivity index (χ3n) is 2.72. The molecule has 1 rings (SSSR count). The number of aryl methyl sites for hydroxylation is 1. The second-order valence-electron chi connectivity index (χ2n) is 5.13. The van der Waals surface area contributed by atoms with E-state index in [0.29, 0.717) is 18.0 Å². The van der Waals surface area contributed by atoms with Crippen LogP contribution in [0, 0.1) is 24.7 Å². The summed E-state index contributed by atoms with van der Waals surface area (Å²) in [5.74, 6) is 6.23. The molecule has 0 unspecified atom stereocenters. The third-order valence-corrected chi connectivity index (χ3v) is 2.72. The smallest absolute Gasteiger partial charge is 0.254 e. The van der Waals surface area contributed by atoms with Crippen molar-refractivity contribution in [1.82, 2.24) is 4.90 Å². The van der Waals surface area contributed by atoms with Crippen LogP contribution in [0.25, 0.3) is 0 Å². The molecular weight excluding hydrogens is 236 g/mol. The molecule has 1 aromatic carbocycles. The number of nitrogens with zero attached hydrogens (tertiary/aromatic N) is 1. The lowest BCUT2D eigenvalue weighted by atomic mass is 10.0. The van der Waals surface area contributed by atoms with E-state index in [-0.39, 0.29) is 5.91 Å². The molecule has 2 N–H and O–H groups in total. The average molecular weight is 258 g/mol. The third kappa shape index (κ3) is 4.42. The van der Waals surface area contributed by atoms with E-state index >= 15 is 0 Å². The lowest BCUT2D eigenvalue weighted by Crippen LogP contribution is -2.30. The van der Waals surface area contributed by atoms with E-state index < -0.39 is 0 Å². The van der Waals surface area contributed by atoms with Gasteiger partial charge in [0, 0.05) is 19.2 Å². The summed E-state index contributed by atoms with van der Waals surface area (Å²) in [6.07, 6.45) is 0. The van der Waals surface area contributed by atoms with Crippen LogP contribution in [-0.4, -0.2) is 30.9 Å². The van der Waals surface area contributed by atoms with Gasteiger partial charge in [0.1, 0.15) is 0 Å². The molecule has 0 fully saturated rings. The van der Waals surface area contributed by atoms with Gasteiger partial charge < -0.3 is 10.6 Å². The van der Waals surface area contributed by atoms with Gasteiger partial charge in [-0.3, -0.25) is 4.79 Å². The number of hydrogen-bond donors (Lipinski definition) is 1. The standard InChI is InChI=1S/C16H22N2O/c1-12(2)11-18(4)16(19)15-10-13(3)7-8-14(15)6-5-9-17/h7-8,10,12H,9,11,17H2,1-4H3. The Morgan fingerprint density at radius 1 is 1.42 bits per heavy atom. The molecule has 0 radical (unpaired) electrons. The van der Waals surface area contributed by atoms with Crippen molar-refractivity contribution < 1.29 is 4.79 Å². The van der Waals surface area contributed by atoms with Crippen LogP contribution in [0.3, 0.4) is 0 Å². The molecular formula is C16H22N2O. The molecule has 0 spiro atoms. The van der Waals surface area contributed by atoms with Crippen molar-refractivity contribution in [3.8, 4) is 11.8 Å². The summed E-state index contributed by atoms with van der Waals surface area (Å²) in [5.41, 5.74) is 7.85. The van der Waals surface area contributed by atoms with Crippen molar-refractivity contribution in [2.45, 2.75) is 20.8 Å². The van der Waals surface area contributed by atoms with Crippen molar-refractivity contribution in [3.63, 3.8) is 0 Å². The number of amides is 1. The van der Waals surface area contributed by atoms with Crippen LogP contribution < -0.4 is 5.73 Å². The highest BCUT2D eigenvalue weighted by molar-refractivity contribution is 5.96. The number of rotatable bonds is 3. The normalized spacial score (nSPS) is 10.0. The lowest BCUT2D eigenvalue weighted by molar-refractivity contribution is 0.0779. The monoisotopic (exact) mass is 258 g/mol. The molecule has 3 nitrogen and oxygen atoms in total. The fourth-order valence-corrected chi connectivity index (χ4v) is 1.93. The fraction of sp³-hybridized carbons (Fsp3) is 0.438. The summed E-state index contributed by atoms with van der Waals surface area (Å²) in [6, 6.07) is 5.73. The van der Waals surface area contributed by atoms with Gasteiger partial charge in [0.05, 0.1) is 12.1 Å². The first kappa shape index (κ1) is 15.3. The minimum absolute atomic E-state index is 0.0127. The summed E-state index contributed by atoms with van der Waals surface area (Å²) in [7, 11) is 1.82. The number of carbonyl (C=O) groups is 1. The van der Waals surface area contributed by atoms with E-state index in [1.54, 1.807) is 4.90 Å². The summed E-state index contributed by atoms with van der Waals surface area (Å²) < 4.78 is 0. The summed E-state index contributed by atoms with van der Waals surface area (Å²) in [6.45, 7) is 7.18. The molecule has 0 saturated heterocycles. The fourth-order valence-electron chi connectivity index (χ4n) is 1.93. The van der Waals surface area contributed by atoms with Crippen LogP contribution in [0.15, 0.2) is 18.2 Å². The van der Waals surface area contributed by atoms with Crippen molar-refractivity contribution in [2.24, 2.45) is 11.7 Å². The van der Waals surface area contributed by atoms with Gasteiger partial charge in [0.2, 0.25) is 0 Å². The van der Waals surface area contributed by atoms with Crippen LogP contribution in [0.4, 0.5) is 0 Å². The lowest BCUT2D eigenvalue weighted by Gasteiger charge is -2.20. The minimum Gasteiger partial charge on any atom is -0.341 e. The van der Waals surface area contributed by atoms with E-state index in [2.05, 4.69) is 25.7 Å². The molecule has 0 saturated carbocycles. The Hall–Kier alpha value is -1.79. The highest BCUT2D eigenvalue weighted by Gasteiger charge is 2.16. The Morgan fingerprint density at radius 2 is 2.11 bits per heavy atom. The predicted octanol–water partition coefficient (Wildman–Crippen LogP) is 2.03. The number of nitrogens with two attached hydrogens (primary N) is 1. The van der Waals surface area contributed by atoms with Crippen LogP contribution in [0.2, 0.25) is 0 Å². The molecule has 0 aliphatic carbocycles. The van der Waals surface area contributed by atoms with Crippen molar-refractivity contribution in [2.75, 3.05) is 20.1 Å². The van der Waals surface area contributed by atoms with Gasteiger partial charge in [0.25, 0.3) is 5.91 Å². The second kappa shape index (κ2) is 6.96. The van der Waals surface area contributed by atoms with Crippen LogP contribution in [-0.2, 0) is 0 Å². The highest BCUT2D eigenvalue weighted by Crippen LogP contribution is 2.14. The molecule has 1 amide bonds. The topological polar surface area (TPSA) is 46.3 Å². The Labute approximate surface area is 115 Å². The molecule has 0 aromatic heterocycles. The Bertz CT molecular complexity index is 509.